The molecule has 0 unspecified atom stereocenters. The van der Waals surface area contributed by atoms with Gasteiger partial charge in [-0.2, -0.15) is 0 Å². The van der Waals surface area contributed by atoms with Crippen molar-refractivity contribution >= 4 is 18.3 Å². The number of ether oxygens (including phenoxy) is 2. The Morgan fingerprint density at radius 1 is 1.10 bits per heavy atom. The molecule has 0 bridgehead atoms. The van der Waals surface area contributed by atoms with Crippen LogP contribution in [0.25, 0.3) is 22.4 Å². The van der Waals surface area contributed by atoms with Crippen LogP contribution in [0.15, 0.2) is 54.6 Å². The van der Waals surface area contributed by atoms with Gasteiger partial charge in [0.2, 0.25) is 0 Å². The highest BCUT2D eigenvalue weighted by molar-refractivity contribution is 5.99. The van der Waals surface area contributed by atoms with E-state index in [9.17, 15) is 27.6 Å². The molecule has 8 nitrogen and oxygen atoms in total. The topological polar surface area (TPSA) is 98.7 Å². The van der Waals surface area contributed by atoms with Gasteiger partial charge in [0.25, 0.3) is 5.91 Å². The zero-order valence-electron chi connectivity index (χ0n) is 21.6. The van der Waals surface area contributed by atoms with Gasteiger partial charge in [-0.15, -0.1) is 13.2 Å². The Morgan fingerprint density at radius 2 is 1.82 bits per heavy atom. The van der Waals surface area contributed by atoms with E-state index in [-0.39, 0.29) is 25.0 Å². The Bertz CT molecular complexity index is 1370. The molecule has 0 fully saturated rings. The zero-order chi connectivity index (χ0) is 28.4. The first-order valence-electron chi connectivity index (χ1n) is 12.3. The smallest absolute Gasteiger partial charge is 0.444 e. The summed E-state index contributed by atoms with van der Waals surface area (Å²) in [5, 5.41) is 5.57. The fourth-order valence-electron chi connectivity index (χ4n) is 4.45. The second-order valence-corrected chi connectivity index (χ2v) is 10.1. The van der Waals surface area contributed by atoms with Crippen molar-refractivity contribution in [2.24, 2.45) is 0 Å². The number of amides is 2. The largest absolute Gasteiger partial charge is 0.573 e. The summed E-state index contributed by atoms with van der Waals surface area (Å²) in [5.41, 5.74) is 2.27. The van der Waals surface area contributed by atoms with Gasteiger partial charge in [-0.1, -0.05) is 36.4 Å². The van der Waals surface area contributed by atoms with Crippen LogP contribution in [-0.2, 0) is 4.74 Å². The first kappa shape index (κ1) is 27.7. The first-order chi connectivity index (χ1) is 18.3. The normalized spacial score (nSPS) is 15.2. The lowest BCUT2D eigenvalue weighted by atomic mass is 10.00. The average molecular weight is 544 g/mol. The fraction of sp³-hybridized carbons (Fsp3) is 0.321. The minimum atomic E-state index is -4.86. The molecule has 3 aromatic rings. The van der Waals surface area contributed by atoms with Crippen molar-refractivity contribution < 1.29 is 37.0 Å². The van der Waals surface area contributed by atoms with Gasteiger partial charge in [0.15, 0.2) is 0 Å². The third kappa shape index (κ3) is 6.78. The summed E-state index contributed by atoms with van der Waals surface area (Å²) < 4.78 is 49.9. The maximum atomic E-state index is 12.9. The summed E-state index contributed by atoms with van der Waals surface area (Å²) >= 11 is 0. The molecule has 39 heavy (non-hydrogen) atoms. The van der Waals surface area contributed by atoms with E-state index in [2.05, 4.69) is 15.4 Å². The Morgan fingerprint density at radius 3 is 2.46 bits per heavy atom. The van der Waals surface area contributed by atoms with E-state index in [1.165, 1.54) is 18.2 Å². The van der Waals surface area contributed by atoms with Gasteiger partial charge < -0.3 is 24.7 Å². The standard InChI is InChI=1S/C28H28F3N3O5/c1-27(2,3)39-26(37)32-12-11-20-15-33-25(36)23-14-22(19-5-4-6-21(13-19)38-28(29,30)31)24(34(20)23)18-9-7-17(16-35)8-10-18/h4-10,13-14,16,20H,11-12,15H2,1-3H3,(H,32,37)(H,33,36)/t20-/m0/s1. The molecule has 4 rings (SSSR count). The summed E-state index contributed by atoms with van der Waals surface area (Å²) in [6.07, 6.45) is -4.30. The lowest BCUT2D eigenvalue weighted by molar-refractivity contribution is -0.274. The van der Waals surface area contributed by atoms with Crippen LogP contribution in [-0.4, -0.2) is 47.9 Å². The van der Waals surface area contributed by atoms with Crippen molar-refractivity contribution in [3.63, 3.8) is 0 Å². The summed E-state index contributed by atoms with van der Waals surface area (Å²) in [6, 6.07) is 13.5. The molecule has 2 aromatic carbocycles. The number of carbonyl (C=O) groups is 3. The quantitative estimate of drug-likeness (QED) is 0.371. The van der Waals surface area contributed by atoms with Crippen molar-refractivity contribution in [1.29, 1.82) is 0 Å². The van der Waals surface area contributed by atoms with Crippen molar-refractivity contribution in [1.82, 2.24) is 15.2 Å². The molecule has 0 spiro atoms. The number of carbonyl (C=O) groups excluding carboxylic acids is 3. The van der Waals surface area contributed by atoms with Crippen LogP contribution in [0.1, 0.15) is 54.1 Å². The molecular weight excluding hydrogens is 515 g/mol. The van der Waals surface area contributed by atoms with E-state index in [4.69, 9.17) is 4.74 Å². The maximum Gasteiger partial charge on any atom is 0.573 e. The van der Waals surface area contributed by atoms with Gasteiger partial charge in [0, 0.05) is 24.2 Å². The van der Waals surface area contributed by atoms with Gasteiger partial charge >= 0.3 is 12.5 Å². The van der Waals surface area contributed by atoms with Crippen molar-refractivity contribution in [2.45, 2.75) is 45.2 Å². The molecular formula is C28H28F3N3O5. The number of aromatic nitrogens is 1. The Balaban J connectivity index is 1.76. The molecule has 2 amide bonds. The summed E-state index contributed by atoms with van der Waals surface area (Å²) in [6.45, 7) is 5.79. The van der Waals surface area contributed by atoms with Crippen molar-refractivity contribution in [3.05, 3.63) is 65.9 Å². The molecule has 11 heteroatoms. The number of fused-ring (bicyclic) bond motifs is 1. The average Bonchev–Trinajstić information content (AvgIpc) is 3.25. The third-order valence-corrected chi connectivity index (χ3v) is 5.98. The minimum Gasteiger partial charge on any atom is -0.444 e. The number of halogens is 3. The highest BCUT2D eigenvalue weighted by Crippen LogP contribution is 2.40. The van der Waals surface area contributed by atoms with Gasteiger partial charge in [-0.3, -0.25) is 9.59 Å². The number of alkyl carbamates (subject to hydrolysis) is 1. The molecule has 0 saturated heterocycles. The summed E-state index contributed by atoms with van der Waals surface area (Å²) in [5.74, 6) is -0.736. The van der Waals surface area contributed by atoms with Crippen LogP contribution in [0.3, 0.4) is 0 Å². The first-order valence-corrected chi connectivity index (χ1v) is 12.3. The summed E-state index contributed by atoms with van der Waals surface area (Å²) in [7, 11) is 0. The Kier molecular flexibility index (Phi) is 7.71. The number of rotatable bonds is 7. The SMILES string of the molecule is CC(C)(C)OC(=O)NCC[C@H]1CNC(=O)c2cc(-c3cccc(OC(F)(F)F)c3)c(-c3ccc(C=O)cc3)n21. The Labute approximate surface area is 223 Å². The molecule has 206 valence electrons. The number of nitrogens with one attached hydrogen (secondary N) is 2. The van der Waals surface area contributed by atoms with E-state index in [0.29, 0.717) is 46.3 Å². The maximum absolute atomic E-state index is 12.9. The predicted octanol–water partition coefficient (Wildman–Crippen LogP) is 5.73. The molecule has 0 saturated carbocycles. The van der Waals surface area contributed by atoms with E-state index in [1.54, 1.807) is 57.2 Å². The minimum absolute atomic E-state index is 0.251. The van der Waals surface area contributed by atoms with Gasteiger partial charge in [0.1, 0.15) is 23.3 Å². The number of alkyl halides is 3. The van der Waals surface area contributed by atoms with Crippen LogP contribution < -0.4 is 15.4 Å². The third-order valence-electron chi connectivity index (χ3n) is 5.98. The highest BCUT2D eigenvalue weighted by atomic mass is 19.4. The molecule has 2 heterocycles. The molecule has 1 aliphatic rings. The molecule has 1 aromatic heterocycles. The number of hydrogen-bond acceptors (Lipinski definition) is 5. The van der Waals surface area contributed by atoms with E-state index in [1.807, 2.05) is 4.57 Å². The van der Waals surface area contributed by atoms with E-state index >= 15 is 0 Å². The van der Waals surface area contributed by atoms with Crippen molar-refractivity contribution in [2.75, 3.05) is 13.1 Å². The van der Waals surface area contributed by atoms with Gasteiger partial charge in [-0.05, 0) is 56.5 Å². The number of hydrogen-bond donors (Lipinski definition) is 2. The van der Waals surface area contributed by atoms with Gasteiger partial charge in [-0.25, -0.2) is 4.79 Å². The highest BCUT2D eigenvalue weighted by Gasteiger charge is 2.33. The number of aldehydes is 1. The van der Waals surface area contributed by atoms with Gasteiger partial charge in [0.05, 0.1) is 11.7 Å². The number of nitrogens with zero attached hydrogens (tertiary/aromatic N) is 1. The Hall–Kier alpha value is -4.28. The zero-order valence-corrected chi connectivity index (χ0v) is 21.6. The monoisotopic (exact) mass is 543 g/mol. The lowest BCUT2D eigenvalue weighted by Gasteiger charge is -2.29. The lowest BCUT2D eigenvalue weighted by Crippen LogP contribution is -2.41. The molecule has 2 N–H and O–H groups in total. The number of benzene rings is 2. The second-order valence-electron chi connectivity index (χ2n) is 10.1. The second kappa shape index (κ2) is 10.8. The van der Waals surface area contributed by atoms with Crippen LogP contribution >= 0.6 is 0 Å². The van der Waals surface area contributed by atoms with Crippen LogP contribution in [0, 0.1) is 0 Å². The van der Waals surface area contributed by atoms with E-state index < -0.39 is 23.8 Å². The predicted molar refractivity (Wildman–Crippen MR) is 138 cm³/mol. The van der Waals surface area contributed by atoms with Crippen LogP contribution in [0.4, 0.5) is 18.0 Å². The molecule has 1 aliphatic heterocycles. The fourth-order valence-corrected chi connectivity index (χ4v) is 4.45. The van der Waals surface area contributed by atoms with E-state index in [0.717, 1.165) is 0 Å². The molecule has 1 atom stereocenters. The van der Waals surface area contributed by atoms with Crippen LogP contribution in [0.5, 0.6) is 5.75 Å². The molecule has 0 aliphatic carbocycles. The van der Waals surface area contributed by atoms with Crippen LogP contribution in [0.2, 0.25) is 0 Å². The summed E-state index contributed by atoms with van der Waals surface area (Å²) in [4.78, 5) is 36.3. The van der Waals surface area contributed by atoms with Crippen molar-refractivity contribution in [3.8, 4) is 28.1 Å². The molecule has 0 radical (unpaired) electrons.